The third kappa shape index (κ3) is 26.0. The molecule has 371 valence electrons. The number of hydrogen-bond donors (Lipinski definition) is 7. The number of carboxylic acid groups (broad SMARTS) is 7. The third-order valence-corrected chi connectivity index (χ3v) is 8.02. The van der Waals surface area contributed by atoms with Crippen LogP contribution in [0.5, 0.6) is 0 Å². The summed E-state index contributed by atoms with van der Waals surface area (Å²) in [4.78, 5) is 71.1. The van der Waals surface area contributed by atoms with Crippen molar-refractivity contribution in [2.45, 2.75) is 0 Å². The molecule has 21 nitrogen and oxygen atoms in total. The first kappa shape index (κ1) is 60.9. The van der Waals surface area contributed by atoms with Crippen molar-refractivity contribution < 1.29 is 86.4 Å². The molecule has 22 heteroatoms. The molecule has 0 heterocycles. The molecule has 7 aromatic rings. The molecule has 0 spiro atoms. The van der Waals surface area contributed by atoms with Gasteiger partial charge in [0.1, 0.15) is 0 Å². The quantitative estimate of drug-likeness (QED) is 0.0637. The molecule has 0 bridgehead atoms. The molecule has 7 rings (SSSR count). The van der Waals surface area contributed by atoms with Gasteiger partial charge < -0.3 is 109 Å². The minimum Gasteiger partial charge on any atom is -0.545 e. The predicted octanol–water partition coefficient (Wildman–Crippen LogP) is -2.58. The average Bonchev–Trinajstić information content (AvgIpc) is 3.31. The summed E-state index contributed by atoms with van der Waals surface area (Å²) >= 11 is 0. The molecule has 0 aliphatic heterocycles. The van der Waals surface area contributed by atoms with Crippen LogP contribution in [0.25, 0.3) is 0 Å². The summed E-state index contributed by atoms with van der Waals surface area (Å²) in [6.45, 7) is 0. The Morgan fingerprint density at radius 2 is 0.268 bits per heavy atom. The number of rotatable bonds is 7. The smallest absolute Gasteiger partial charge is 0.0715 e. The second-order valence-corrected chi connectivity index (χ2v) is 13.4. The summed E-state index contributed by atoms with van der Waals surface area (Å²) in [6, 6.07) is 41.0. The first-order valence-electron chi connectivity index (χ1n) is 19.4. The van der Waals surface area contributed by atoms with Crippen molar-refractivity contribution in [3.63, 3.8) is 0 Å². The number of carbonyl (C=O) groups is 7. The van der Waals surface area contributed by atoms with Gasteiger partial charge in [0.05, 0.1) is 41.8 Å². The van der Waals surface area contributed by atoms with Crippen LogP contribution in [0.1, 0.15) is 72.5 Å². The van der Waals surface area contributed by atoms with Crippen molar-refractivity contribution in [3.8, 4) is 0 Å². The average molecular weight is 1010 g/mol. The summed E-state index contributed by atoms with van der Waals surface area (Å²) in [5, 5.41) is 71.1. The van der Waals surface area contributed by atoms with Crippen molar-refractivity contribution in [1.29, 1.82) is 0 Å². The number of carbonyl (C=O) groups excluding carboxylic acids is 7. The Morgan fingerprint density at radius 1 is 0.197 bits per heavy atom. The fourth-order valence-electron chi connectivity index (χ4n) is 4.33. The molecule has 0 aliphatic rings. The molecule has 0 aromatic heterocycles. The third-order valence-electron chi connectivity index (χ3n) is 8.02. The van der Waals surface area contributed by atoms with Gasteiger partial charge in [-0.15, -0.1) is 0 Å². The van der Waals surface area contributed by atoms with Gasteiger partial charge in [-0.2, -0.15) is 0 Å². The van der Waals surface area contributed by atoms with Crippen LogP contribution < -0.4 is 75.9 Å². The SMILES string of the molecule is Nc1ccc(C(=O)[O-])cc1.Nc1ccc(C(=O)[O-])cc1.Nc1ccc(C(=O)[O-])cc1.Nc1ccc(C(=O)[O-])cc1.Nc1ccc(C(=O)[O-])cc1.Nc1ccc(C(=O)[O-])cc1.Nc1ccc(C(=O)[O-])cc1.[Mn]. The second kappa shape index (κ2) is 31.8. The Hall–Kier alpha value is -10.1. The summed E-state index contributed by atoms with van der Waals surface area (Å²) in [5.74, 6) is -8.26. The van der Waals surface area contributed by atoms with E-state index in [9.17, 15) is 69.3 Å². The van der Waals surface area contributed by atoms with Gasteiger partial charge in [-0.1, -0.05) is 84.9 Å². The molecule has 0 amide bonds. The largest absolute Gasteiger partial charge is 0.545 e. The summed E-state index contributed by atoms with van der Waals surface area (Å²) in [5.41, 5.74) is 42.1. The van der Waals surface area contributed by atoms with Gasteiger partial charge in [0.15, 0.2) is 0 Å². The summed E-state index contributed by atoms with van der Waals surface area (Å²) in [6.07, 6.45) is 0. The molecule has 0 unspecified atom stereocenters. The fraction of sp³-hybridized carbons (Fsp3) is 0. The Kier molecular flexibility index (Phi) is 27.3. The Labute approximate surface area is 415 Å². The number of carboxylic acids is 7. The molecular weight excluding hydrogens is 966 g/mol. The number of hydrogen-bond acceptors (Lipinski definition) is 21. The van der Waals surface area contributed by atoms with Gasteiger partial charge in [0.25, 0.3) is 0 Å². The van der Waals surface area contributed by atoms with Crippen molar-refractivity contribution >= 4 is 81.6 Å². The number of nitrogen functional groups attached to an aromatic ring is 7. The van der Waals surface area contributed by atoms with Gasteiger partial charge in [-0.25, -0.2) is 0 Å². The zero-order valence-electron chi connectivity index (χ0n) is 36.8. The van der Waals surface area contributed by atoms with Crippen LogP contribution in [-0.2, 0) is 17.1 Å². The Balaban J connectivity index is 0.000000803. The minimum atomic E-state index is -1.18. The van der Waals surface area contributed by atoms with Gasteiger partial charge in [-0.3, -0.25) is 0 Å². The van der Waals surface area contributed by atoms with Gasteiger partial charge >= 0.3 is 0 Å². The van der Waals surface area contributed by atoms with E-state index in [1.807, 2.05) is 0 Å². The van der Waals surface area contributed by atoms with Crippen LogP contribution in [0.3, 0.4) is 0 Å². The number of benzene rings is 7. The zero-order chi connectivity index (χ0) is 52.9. The van der Waals surface area contributed by atoms with E-state index in [0.717, 1.165) is 0 Å². The Morgan fingerprint density at radius 3 is 0.324 bits per heavy atom. The molecule has 14 N–H and O–H groups in total. The fourth-order valence-corrected chi connectivity index (χ4v) is 4.33. The van der Waals surface area contributed by atoms with Crippen molar-refractivity contribution in [2.75, 3.05) is 40.1 Å². The number of aromatic carboxylic acids is 7. The first-order valence-corrected chi connectivity index (χ1v) is 19.4. The molecule has 0 aliphatic carbocycles. The van der Waals surface area contributed by atoms with E-state index in [-0.39, 0.29) is 56.0 Å². The molecular formula is C49H42MnN7O14-7. The van der Waals surface area contributed by atoms with Gasteiger partial charge in [-0.05, 0) is 124 Å². The molecule has 0 atom stereocenters. The molecule has 71 heavy (non-hydrogen) atoms. The maximum Gasteiger partial charge on any atom is 0.0715 e. The minimum absolute atomic E-state index is 0. The van der Waals surface area contributed by atoms with Crippen LogP contribution in [0, 0.1) is 0 Å². The predicted molar refractivity (Wildman–Crippen MR) is 246 cm³/mol. The summed E-state index contributed by atoms with van der Waals surface area (Å²) in [7, 11) is 0. The van der Waals surface area contributed by atoms with Crippen molar-refractivity contribution in [2.24, 2.45) is 0 Å². The van der Waals surface area contributed by atoms with Crippen LogP contribution in [-0.4, -0.2) is 41.8 Å². The van der Waals surface area contributed by atoms with E-state index in [1.54, 1.807) is 0 Å². The topological polar surface area (TPSA) is 463 Å². The number of nitrogens with two attached hydrogens (primary N) is 7. The van der Waals surface area contributed by atoms with Crippen LogP contribution in [0.4, 0.5) is 39.8 Å². The molecule has 7 aromatic carbocycles. The maximum atomic E-state index is 10.2. The monoisotopic (exact) mass is 1010 g/mol. The molecule has 0 fully saturated rings. The number of anilines is 7. The van der Waals surface area contributed by atoms with E-state index in [0.29, 0.717) is 39.8 Å². The van der Waals surface area contributed by atoms with Gasteiger partial charge in [0, 0.05) is 56.9 Å². The first-order chi connectivity index (χ1) is 32.9. The molecule has 0 saturated heterocycles. The standard InChI is InChI=1S/7C7H7NO2.Mn/c7*8-6-3-1-5(2-4-6)7(9)10;/h7*1-4H,8H2,(H,9,10);/p-7. The van der Waals surface area contributed by atoms with Crippen LogP contribution >= 0.6 is 0 Å². The maximum absolute atomic E-state index is 10.2. The molecule has 1 radical (unpaired) electrons. The van der Waals surface area contributed by atoms with Crippen molar-refractivity contribution in [1.82, 2.24) is 0 Å². The van der Waals surface area contributed by atoms with E-state index < -0.39 is 41.8 Å². The summed E-state index contributed by atoms with van der Waals surface area (Å²) < 4.78 is 0. The van der Waals surface area contributed by atoms with E-state index >= 15 is 0 Å². The second-order valence-electron chi connectivity index (χ2n) is 13.4. The van der Waals surface area contributed by atoms with Crippen LogP contribution in [0.2, 0.25) is 0 Å². The van der Waals surface area contributed by atoms with E-state index in [1.165, 1.54) is 170 Å². The van der Waals surface area contributed by atoms with Gasteiger partial charge in [0.2, 0.25) is 0 Å². The molecule has 0 saturated carbocycles. The van der Waals surface area contributed by atoms with E-state index in [4.69, 9.17) is 40.1 Å². The van der Waals surface area contributed by atoms with Crippen molar-refractivity contribution in [3.05, 3.63) is 209 Å². The normalized spacial score (nSPS) is 9.07. The Bertz CT molecular complexity index is 2230. The zero-order valence-corrected chi connectivity index (χ0v) is 38.0. The van der Waals surface area contributed by atoms with Crippen LogP contribution in [0.15, 0.2) is 170 Å². The van der Waals surface area contributed by atoms with E-state index in [2.05, 4.69) is 0 Å².